The molecule has 4 nitrogen and oxygen atoms in total. The van der Waals surface area contributed by atoms with Gasteiger partial charge in [-0.1, -0.05) is 0 Å². The normalized spacial score (nSPS) is 18.4. The number of halogens is 2. The summed E-state index contributed by atoms with van der Waals surface area (Å²) in [6, 6.07) is 0. The second kappa shape index (κ2) is 3.46. The number of nitrogens with one attached hydrogen (secondary N) is 1. The molecule has 0 aromatic carbocycles. The Morgan fingerprint density at radius 2 is 2.17 bits per heavy atom. The van der Waals surface area contributed by atoms with Crippen molar-refractivity contribution in [2.45, 2.75) is 6.43 Å². The first-order valence-electron chi connectivity index (χ1n) is 3.42. The van der Waals surface area contributed by atoms with E-state index in [4.69, 9.17) is 0 Å². The van der Waals surface area contributed by atoms with Crippen LogP contribution >= 0.6 is 0 Å². The Morgan fingerprint density at radius 1 is 1.50 bits per heavy atom. The lowest BCUT2D eigenvalue weighted by molar-refractivity contribution is -0.142. The molecule has 0 radical (unpaired) electrons. The fourth-order valence-corrected chi connectivity index (χ4v) is 0.936. The van der Waals surface area contributed by atoms with Crippen LogP contribution in [-0.2, 0) is 9.59 Å². The van der Waals surface area contributed by atoms with Crippen LogP contribution in [0.15, 0.2) is 0 Å². The van der Waals surface area contributed by atoms with Crippen LogP contribution in [-0.4, -0.2) is 42.8 Å². The fraction of sp³-hybridized carbons (Fsp3) is 0.667. The third-order valence-corrected chi connectivity index (χ3v) is 1.48. The number of piperazine rings is 1. The largest absolute Gasteiger partial charge is 0.345 e. The molecule has 12 heavy (non-hydrogen) atoms. The molecule has 0 atom stereocenters. The summed E-state index contributed by atoms with van der Waals surface area (Å²) in [5, 5.41) is 2.26. The molecule has 1 heterocycles. The Kier molecular flexibility index (Phi) is 2.57. The smallest absolute Gasteiger partial charge is 0.255 e. The summed E-state index contributed by atoms with van der Waals surface area (Å²) >= 11 is 0. The minimum atomic E-state index is -2.58. The topological polar surface area (TPSA) is 49.4 Å². The highest BCUT2D eigenvalue weighted by atomic mass is 19.3. The van der Waals surface area contributed by atoms with Crippen molar-refractivity contribution in [2.75, 3.05) is 19.6 Å². The molecule has 1 saturated heterocycles. The molecule has 0 aliphatic carbocycles. The van der Waals surface area contributed by atoms with E-state index in [0.717, 1.165) is 4.90 Å². The first-order valence-corrected chi connectivity index (χ1v) is 3.42. The molecule has 1 aliphatic rings. The van der Waals surface area contributed by atoms with Gasteiger partial charge in [0.05, 0.1) is 19.6 Å². The zero-order chi connectivity index (χ0) is 9.14. The van der Waals surface area contributed by atoms with E-state index >= 15 is 0 Å². The molecule has 68 valence electrons. The van der Waals surface area contributed by atoms with Crippen molar-refractivity contribution in [1.82, 2.24) is 10.2 Å². The van der Waals surface area contributed by atoms with Gasteiger partial charge in [-0.15, -0.1) is 0 Å². The molecule has 1 N–H and O–H groups in total. The average molecular weight is 178 g/mol. The van der Waals surface area contributed by atoms with Crippen LogP contribution in [0.5, 0.6) is 0 Å². The zero-order valence-corrected chi connectivity index (χ0v) is 6.22. The van der Waals surface area contributed by atoms with E-state index in [9.17, 15) is 18.4 Å². The van der Waals surface area contributed by atoms with E-state index in [0.29, 0.717) is 0 Å². The SMILES string of the molecule is O=C1CN(CC(F)F)C(=O)CN1. The molecule has 0 spiro atoms. The number of alkyl halides is 2. The molecule has 0 aromatic heterocycles. The Hall–Kier alpha value is -1.20. The van der Waals surface area contributed by atoms with Crippen LogP contribution < -0.4 is 5.32 Å². The second-order valence-electron chi connectivity index (χ2n) is 2.44. The van der Waals surface area contributed by atoms with Crippen molar-refractivity contribution in [2.24, 2.45) is 0 Å². The molecule has 1 aliphatic heterocycles. The highest BCUT2D eigenvalue weighted by Gasteiger charge is 2.25. The molecule has 0 unspecified atom stereocenters. The van der Waals surface area contributed by atoms with Crippen molar-refractivity contribution in [3.8, 4) is 0 Å². The summed E-state index contributed by atoms with van der Waals surface area (Å²) in [7, 11) is 0. The van der Waals surface area contributed by atoms with Crippen molar-refractivity contribution in [1.29, 1.82) is 0 Å². The van der Waals surface area contributed by atoms with Gasteiger partial charge in [0.1, 0.15) is 0 Å². The van der Waals surface area contributed by atoms with E-state index in [1.165, 1.54) is 0 Å². The van der Waals surface area contributed by atoms with Crippen LogP contribution in [0.4, 0.5) is 8.78 Å². The van der Waals surface area contributed by atoms with Gasteiger partial charge in [-0.25, -0.2) is 8.78 Å². The van der Waals surface area contributed by atoms with Crippen molar-refractivity contribution < 1.29 is 18.4 Å². The second-order valence-corrected chi connectivity index (χ2v) is 2.44. The van der Waals surface area contributed by atoms with Crippen molar-refractivity contribution in [3.05, 3.63) is 0 Å². The molecule has 0 bridgehead atoms. The maximum Gasteiger partial charge on any atom is 0.255 e. The van der Waals surface area contributed by atoms with Gasteiger partial charge in [-0.2, -0.15) is 0 Å². The van der Waals surface area contributed by atoms with Gasteiger partial charge in [-0.05, 0) is 0 Å². The van der Waals surface area contributed by atoms with Gasteiger partial charge >= 0.3 is 0 Å². The van der Waals surface area contributed by atoms with Crippen LogP contribution in [0.1, 0.15) is 0 Å². The minimum Gasteiger partial charge on any atom is -0.345 e. The van der Waals surface area contributed by atoms with Gasteiger partial charge in [0.2, 0.25) is 11.8 Å². The Bertz CT molecular complexity index is 208. The predicted octanol–water partition coefficient (Wildman–Crippen LogP) is -0.790. The maximum atomic E-state index is 11.8. The molecular weight excluding hydrogens is 170 g/mol. The summed E-state index contributed by atoms with van der Waals surface area (Å²) in [5.74, 6) is -0.856. The lowest BCUT2D eigenvalue weighted by Gasteiger charge is -2.25. The summed E-state index contributed by atoms with van der Waals surface area (Å²) in [4.78, 5) is 22.4. The number of hydrogen-bond donors (Lipinski definition) is 1. The number of hydrogen-bond acceptors (Lipinski definition) is 2. The number of amides is 2. The minimum absolute atomic E-state index is 0.175. The highest BCUT2D eigenvalue weighted by Crippen LogP contribution is 2.00. The molecule has 0 saturated carbocycles. The van der Waals surface area contributed by atoms with Crippen molar-refractivity contribution >= 4 is 11.8 Å². The van der Waals surface area contributed by atoms with E-state index in [2.05, 4.69) is 5.32 Å². The predicted molar refractivity (Wildman–Crippen MR) is 35.6 cm³/mol. The molecule has 2 amide bonds. The number of carbonyl (C=O) groups is 2. The monoisotopic (exact) mass is 178 g/mol. The summed E-state index contributed by atoms with van der Waals surface area (Å²) in [6.07, 6.45) is -2.58. The number of carbonyl (C=O) groups excluding carboxylic acids is 2. The maximum absolute atomic E-state index is 11.8. The average Bonchev–Trinajstić information content (AvgIpc) is 1.96. The lowest BCUT2D eigenvalue weighted by Crippen LogP contribution is -2.52. The lowest BCUT2D eigenvalue weighted by atomic mass is 10.3. The van der Waals surface area contributed by atoms with Gasteiger partial charge < -0.3 is 10.2 Å². The van der Waals surface area contributed by atoms with E-state index in [1.807, 2.05) is 0 Å². The Labute approximate surface area is 67.5 Å². The van der Waals surface area contributed by atoms with Crippen LogP contribution in [0.2, 0.25) is 0 Å². The Morgan fingerprint density at radius 3 is 2.75 bits per heavy atom. The van der Waals surface area contributed by atoms with E-state index in [1.54, 1.807) is 0 Å². The standard InChI is InChI=1S/C6H8F2N2O2/c7-4(8)2-10-3-5(11)9-1-6(10)12/h4H,1-3H2,(H,9,11). The van der Waals surface area contributed by atoms with E-state index in [-0.39, 0.29) is 13.1 Å². The van der Waals surface area contributed by atoms with Gasteiger partial charge in [0, 0.05) is 0 Å². The molecule has 0 aromatic rings. The first-order chi connectivity index (χ1) is 5.59. The number of nitrogens with zero attached hydrogens (tertiary/aromatic N) is 1. The quantitative estimate of drug-likeness (QED) is 0.602. The van der Waals surface area contributed by atoms with Gasteiger partial charge in [0.25, 0.3) is 6.43 Å². The summed E-state index contributed by atoms with van der Waals surface area (Å²) < 4.78 is 23.6. The number of rotatable bonds is 2. The van der Waals surface area contributed by atoms with Gasteiger partial charge in [-0.3, -0.25) is 9.59 Å². The summed E-state index contributed by atoms with van der Waals surface area (Å²) in [5.41, 5.74) is 0. The molecule has 1 rings (SSSR count). The third kappa shape index (κ3) is 2.14. The first kappa shape index (κ1) is 8.89. The van der Waals surface area contributed by atoms with E-state index < -0.39 is 24.8 Å². The van der Waals surface area contributed by atoms with Crippen LogP contribution in [0.25, 0.3) is 0 Å². The summed E-state index contributed by atoms with van der Waals surface area (Å²) in [6.45, 7) is -1.10. The molecular formula is C6H8F2N2O2. The molecule has 1 fully saturated rings. The van der Waals surface area contributed by atoms with Crippen molar-refractivity contribution in [3.63, 3.8) is 0 Å². The highest BCUT2D eigenvalue weighted by molar-refractivity contribution is 5.92. The fourth-order valence-electron chi connectivity index (χ4n) is 0.936. The van der Waals surface area contributed by atoms with Gasteiger partial charge in [0.15, 0.2) is 0 Å². The Balaban J connectivity index is 2.49. The third-order valence-electron chi connectivity index (χ3n) is 1.48. The zero-order valence-electron chi connectivity index (χ0n) is 6.22. The molecule has 6 heteroatoms. The van der Waals surface area contributed by atoms with Crippen LogP contribution in [0.3, 0.4) is 0 Å². The van der Waals surface area contributed by atoms with Crippen LogP contribution in [0, 0.1) is 0 Å².